The van der Waals surface area contributed by atoms with Gasteiger partial charge in [-0.2, -0.15) is 16.9 Å². The van der Waals surface area contributed by atoms with Crippen molar-refractivity contribution in [1.82, 2.24) is 19.7 Å². The number of nitrogens with zero attached hydrogens (tertiary/aromatic N) is 4. The van der Waals surface area contributed by atoms with Crippen LogP contribution in [0.3, 0.4) is 0 Å². The first kappa shape index (κ1) is 11.5. The lowest BCUT2D eigenvalue weighted by molar-refractivity contribution is 0.683. The van der Waals surface area contributed by atoms with Gasteiger partial charge in [0.25, 0.3) is 0 Å². The molecule has 6 heteroatoms. The van der Waals surface area contributed by atoms with E-state index in [-0.39, 0.29) is 0 Å². The highest BCUT2D eigenvalue weighted by Gasteiger charge is 2.15. The van der Waals surface area contributed by atoms with Gasteiger partial charge < -0.3 is 5.32 Å². The zero-order chi connectivity index (χ0) is 12.2. The Morgan fingerprint density at radius 2 is 2.44 bits per heavy atom. The second kappa shape index (κ2) is 5.39. The molecule has 1 unspecified atom stereocenters. The summed E-state index contributed by atoms with van der Waals surface area (Å²) in [5.41, 5.74) is 1.02. The fraction of sp³-hybridized carbons (Fsp3) is 0.417. The van der Waals surface area contributed by atoms with Gasteiger partial charge in [0.15, 0.2) is 5.82 Å². The lowest BCUT2D eigenvalue weighted by atomic mass is 10.2. The van der Waals surface area contributed by atoms with Crippen molar-refractivity contribution in [2.75, 3.05) is 16.8 Å². The highest BCUT2D eigenvalue weighted by molar-refractivity contribution is 7.99. The van der Waals surface area contributed by atoms with Crippen LogP contribution in [0.4, 0.5) is 5.69 Å². The van der Waals surface area contributed by atoms with Gasteiger partial charge in [-0.1, -0.05) is 0 Å². The molecule has 3 rings (SSSR count). The molecule has 0 amide bonds. The Morgan fingerprint density at radius 1 is 1.44 bits per heavy atom. The van der Waals surface area contributed by atoms with Crippen molar-refractivity contribution in [3.63, 3.8) is 0 Å². The number of rotatable bonds is 3. The Morgan fingerprint density at radius 3 is 3.22 bits per heavy atom. The predicted molar refractivity (Wildman–Crippen MR) is 73.1 cm³/mol. The number of anilines is 1. The standard InChI is InChI=1S/C12H15N5S/c1-4-11(16-10-3-2-6-18-7-10)12(14-5-1)17-9-13-8-15-17/h1,4-5,8-10,16H,2-3,6-7H2. The molecule has 94 valence electrons. The molecule has 0 bridgehead atoms. The third-order valence-electron chi connectivity index (χ3n) is 2.94. The number of hydrogen-bond donors (Lipinski definition) is 1. The summed E-state index contributed by atoms with van der Waals surface area (Å²) in [7, 11) is 0. The summed E-state index contributed by atoms with van der Waals surface area (Å²) in [4.78, 5) is 8.34. The Balaban J connectivity index is 1.83. The van der Waals surface area contributed by atoms with Crippen molar-refractivity contribution in [1.29, 1.82) is 0 Å². The lowest BCUT2D eigenvalue weighted by Gasteiger charge is -2.24. The van der Waals surface area contributed by atoms with Crippen LogP contribution in [0.15, 0.2) is 31.0 Å². The van der Waals surface area contributed by atoms with Crippen LogP contribution in [-0.4, -0.2) is 37.3 Å². The van der Waals surface area contributed by atoms with Crippen LogP contribution in [-0.2, 0) is 0 Å². The minimum absolute atomic E-state index is 0.523. The van der Waals surface area contributed by atoms with Crippen molar-refractivity contribution >= 4 is 17.4 Å². The maximum atomic E-state index is 4.38. The number of pyridine rings is 1. The summed E-state index contributed by atoms with van der Waals surface area (Å²) in [5.74, 6) is 3.25. The van der Waals surface area contributed by atoms with Crippen molar-refractivity contribution in [2.24, 2.45) is 0 Å². The van der Waals surface area contributed by atoms with E-state index < -0.39 is 0 Å². The number of aromatic nitrogens is 4. The van der Waals surface area contributed by atoms with Crippen LogP contribution < -0.4 is 5.32 Å². The van der Waals surface area contributed by atoms with Crippen molar-refractivity contribution in [3.05, 3.63) is 31.0 Å². The quantitative estimate of drug-likeness (QED) is 0.915. The minimum Gasteiger partial charge on any atom is -0.378 e. The molecule has 0 aromatic carbocycles. The predicted octanol–water partition coefficient (Wildman–Crippen LogP) is 1.97. The molecule has 1 saturated heterocycles. The SMILES string of the molecule is c1cnc(-n2cncn2)c(NC2CCCSC2)c1. The van der Waals surface area contributed by atoms with Gasteiger partial charge >= 0.3 is 0 Å². The van der Waals surface area contributed by atoms with Gasteiger partial charge in [-0.15, -0.1) is 0 Å². The third kappa shape index (κ3) is 2.48. The van der Waals surface area contributed by atoms with Crippen LogP contribution in [0.1, 0.15) is 12.8 Å². The second-order valence-corrected chi connectivity index (χ2v) is 5.42. The van der Waals surface area contributed by atoms with Crippen LogP contribution in [0.2, 0.25) is 0 Å². The van der Waals surface area contributed by atoms with Gasteiger partial charge in [0, 0.05) is 18.0 Å². The molecule has 1 aliphatic rings. The first-order valence-electron chi connectivity index (χ1n) is 6.08. The normalized spacial score (nSPS) is 19.7. The summed E-state index contributed by atoms with van der Waals surface area (Å²) in [6.07, 6.45) is 7.47. The van der Waals surface area contributed by atoms with Gasteiger partial charge in [0.05, 0.1) is 5.69 Å². The Hall–Kier alpha value is -1.56. The molecule has 0 aliphatic carbocycles. The van der Waals surface area contributed by atoms with Gasteiger partial charge in [-0.05, 0) is 30.7 Å². The Bertz CT molecular complexity index is 493. The average Bonchev–Trinajstić information content (AvgIpc) is 2.94. The summed E-state index contributed by atoms with van der Waals surface area (Å²) < 4.78 is 1.69. The molecule has 5 nitrogen and oxygen atoms in total. The molecule has 2 aromatic rings. The molecular weight excluding hydrogens is 246 g/mol. The molecule has 1 fully saturated rings. The molecule has 0 radical (unpaired) electrons. The Kier molecular flexibility index (Phi) is 3.45. The van der Waals surface area contributed by atoms with Gasteiger partial charge in [-0.3, -0.25) is 0 Å². The maximum Gasteiger partial charge on any atom is 0.178 e. The monoisotopic (exact) mass is 261 g/mol. The van der Waals surface area contributed by atoms with E-state index in [4.69, 9.17) is 0 Å². The first-order valence-corrected chi connectivity index (χ1v) is 7.23. The fourth-order valence-electron chi connectivity index (χ4n) is 2.08. The molecule has 1 aliphatic heterocycles. The van der Waals surface area contributed by atoms with Crippen LogP contribution in [0.25, 0.3) is 5.82 Å². The molecule has 3 heterocycles. The fourth-order valence-corrected chi connectivity index (χ4v) is 3.16. The van der Waals surface area contributed by atoms with Crippen LogP contribution in [0.5, 0.6) is 0 Å². The number of thioether (sulfide) groups is 1. The molecule has 0 spiro atoms. The zero-order valence-electron chi connectivity index (χ0n) is 9.99. The third-order valence-corrected chi connectivity index (χ3v) is 4.16. The van der Waals surface area contributed by atoms with E-state index in [1.807, 2.05) is 23.9 Å². The molecule has 2 aromatic heterocycles. The highest BCUT2D eigenvalue weighted by Crippen LogP contribution is 2.23. The van der Waals surface area contributed by atoms with E-state index in [1.54, 1.807) is 17.2 Å². The molecule has 18 heavy (non-hydrogen) atoms. The van der Waals surface area contributed by atoms with E-state index in [0.717, 1.165) is 17.3 Å². The van der Waals surface area contributed by atoms with Crippen LogP contribution in [0, 0.1) is 0 Å². The smallest absolute Gasteiger partial charge is 0.178 e. The van der Waals surface area contributed by atoms with Gasteiger partial charge in [0.1, 0.15) is 12.7 Å². The molecular formula is C12H15N5S. The van der Waals surface area contributed by atoms with E-state index in [0.29, 0.717) is 6.04 Å². The number of hydrogen-bond acceptors (Lipinski definition) is 5. The summed E-state index contributed by atoms with van der Waals surface area (Å²) in [6, 6.07) is 4.51. The van der Waals surface area contributed by atoms with Crippen molar-refractivity contribution in [3.8, 4) is 5.82 Å². The van der Waals surface area contributed by atoms with E-state index in [2.05, 4.69) is 20.4 Å². The summed E-state index contributed by atoms with van der Waals surface area (Å²) in [5, 5.41) is 7.70. The van der Waals surface area contributed by atoms with Gasteiger partial charge in [-0.25, -0.2) is 14.6 Å². The van der Waals surface area contributed by atoms with Gasteiger partial charge in [0.2, 0.25) is 0 Å². The summed E-state index contributed by atoms with van der Waals surface area (Å²) >= 11 is 2.01. The topological polar surface area (TPSA) is 55.6 Å². The molecule has 1 N–H and O–H groups in total. The lowest BCUT2D eigenvalue weighted by Crippen LogP contribution is -2.26. The maximum absolute atomic E-state index is 4.38. The molecule has 1 atom stereocenters. The van der Waals surface area contributed by atoms with Crippen molar-refractivity contribution < 1.29 is 0 Å². The number of nitrogens with one attached hydrogen (secondary N) is 1. The Labute approximate surface area is 110 Å². The van der Waals surface area contributed by atoms with E-state index >= 15 is 0 Å². The highest BCUT2D eigenvalue weighted by atomic mass is 32.2. The van der Waals surface area contributed by atoms with Crippen LogP contribution >= 0.6 is 11.8 Å². The van der Waals surface area contributed by atoms with E-state index in [9.17, 15) is 0 Å². The second-order valence-electron chi connectivity index (χ2n) is 4.27. The van der Waals surface area contributed by atoms with E-state index in [1.165, 1.54) is 24.9 Å². The minimum atomic E-state index is 0.523. The zero-order valence-corrected chi connectivity index (χ0v) is 10.8. The van der Waals surface area contributed by atoms with Crippen molar-refractivity contribution in [2.45, 2.75) is 18.9 Å². The largest absolute Gasteiger partial charge is 0.378 e. The summed E-state index contributed by atoms with van der Waals surface area (Å²) in [6.45, 7) is 0. The molecule has 0 saturated carbocycles. The first-order chi connectivity index (χ1) is 8.93. The average molecular weight is 261 g/mol.